The molecule has 1 amide bonds. The van der Waals surface area contributed by atoms with Gasteiger partial charge in [0.15, 0.2) is 0 Å². The zero-order valence-corrected chi connectivity index (χ0v) is 14.8. The van der Waals surface area contributed by atoms with Gasteiger partial charge >= 0.3 is 5.97 Å². The summed E-state index contributed by atoms with van der Waals surface area (Å²) in [6, 6.07) is 12.4. The number of hydrogen-bond acceptors (Lipinski definition) is 6. The molecule has 8 nitrogen and oxygen atoms in total. The molecule has 27 heavy (non-hydrogen) atoms. The first-order chi connectivity index (χ1) is 12.9. The van der Waals surface area contributed by atoms with Crippen LogP contribution >= 0.6 is 0 Å². The van der Waals surface area contributed by atoms with E-state index in [1.165, 1.54) is 24.3 Å². The molecule has 0 unspecified atom stereocenters. The first-order valence-electron chi connectivity index (χ1n) is 8.51. The van der Waals surface area contributed by atoms with Crippen LogP contribution < -0.4 is 9.64 Å². The Hall–Kier alpha value is -3.42. The number of anilines is 1. The van der Waals surface area contributed by atoms with Crippen molar-refractivity contribution in [2.45, 2.75) is 6.92 Å². The van der Waals surface area contributed by atoms with Crippen LogP contribution in [0.25, 0.3) is 0 Å². The minimum absolute atomic E-state index is 0.0826. The number of rotatable bonds is 4. The van der Waals surface area contributed by atoms with Gasteiger partial charge in [-0.2, -0.15) is 0 Å². The molecule has 2 aromatic carbocycles. The van der Waals surface area contributed by atoms with Gasteiger partial charge in [-0.25, -0.2) is 4.79 Å². The number of nitrogens with zero attached hydrogens (tertiary/aromatic N) is 3. The molecule has 2 aromatic rings. The molecule has 0 spiro atoms. The Balaban J connectivity index is 1.60. The summed E-state index contributed by atoms with van der Waals surface area (Å²) >= 11 is 0. The number of nitro benzene ring substituents is 1. The van der Waals surface area contributed by atoms with Crippen molar-refractivity contribution in [1.82, 2.24) is 4.90 Å². The van der Waals surface area contributed by atoms with Gasteiger partial charge in [-0.15, -0.1) is 0 Å². The summed E-state index contributed by atoms with van der Waals surface area (Å²) in [7, 11) is 0. The fourth-order valence-electron chi connectivity index (χ4n) is 2.89. The molecule has 0 atom stereocenters. The van der Waals surface area contributed by atoms with Crippen LogP contribution in [0.1, 0.15) is 17.3 Å². The summed E-state index contributed by atoms with van der Waals surface area (Å²) in [6.07, 6.45) is 0. The van der Waals surface area contributed by atoms with Crippen LogP contribution in [0.4, 0.5) is 11.4 Å². The maximum atomic E-state index is 12.1. The molecule has 1 heterocycles. The summed E-state index contributed by atoms with van der Waals surface area (Å²) in [6.45, 7) is 4.45. The quantitative estimate of drug-likeness (QED) is 0.356. The Kier molecular flexibility index (Phi) is 5.35. The SMILES string of the molecule is CC(=O)N1CCN(c2ccc(OC(=O)c3ccc([N+](=O)[O-])cc3)cc2)CC1. The molecule has 1 aliphatic heterocycles. The number of amides is 1. The third-order valence-corrected chi connectivity index (χ3v) is 4.45. The lowest BCUT2D eigenvalue weighted by Gasteiger charge is -2.35. The van der Waals surface area contributed by atoms with Crippen LogP contribution in [0.2, 0.25) is 0 Å². The van der Waals surface area contributed by atoms with Crippen molar-refractivity contribution in [3.8, 4) is 5.75 Å². The number of ether oxygens (including phenoxy) is 1. The Morgan fingerprint density at radius 1 is 0.963 bits per heavy atom. The number of benzene rings is 2. The summed E-state index contributed by atoms with van der Waals surface area (Å²) in [5.41, 5.74) is 1.15. The normalized spacial score (nSPS) is 14.0. The van der Waals surface area contributed by atoms with E-state index < -0.39 is 10.9 Å². The van der Waals surface area contributed by atoms with E-state index in [0.29, 0.717) is 18.8 Å². The molecule has 0 N–H and O–H groups in total. The van der Waals surface area contributed by atoms with Gasteiger partial charge in [-0.1, -0.05) is 0 Å². The molecule has 0 saturated carbocycles. The lowest BCUT2D eigenvalue weighted by molar-refractivity contribution is -0.384. The van der Waals surface area contributed by atoms with Gasteiger partial charge in [0.2, 0.25) is 5.91 Å². The highest BCUT2D eigenvalue weighted by Crippen LogP contribution is 2.22. The molecule has 3 rings (SSSR count). The lowest BCUT2D eigenvalue weighted by Crippen LogP contribution is -2.48. The fourth-order valence-corrected chi connectivity index (χ4v) is 2.89. The van der Waals surface area contributed by atoms with Gasteiger partial charge in [0.1, 0.15) is 5.75 Å². The molecular formula is C19H19N3O5. The van der Waals surface area contributed by atoms with E-state index in [9.17, 15) is 19.7 Å². The monoisotopic (exact) mass is 369 g/mol. The van der Waals surface area contributed by atoms with E-state index in [4.69, 9.17) is 4.74 Å². The highest BCUT2D eigenvalue weighted by atomic mass is 16.6. The van der Waals surface area contributed by atoms with E-state index >= 15 is 0 Å². The zero-order chi connectivity index (χ0) is 19.4. The number of carbonyl (C=O) groups is 2. The predicted octanol–water partition coefficient (Wildman–Crippen LogP) is 2.48. The number of non-ortho nitro benzene ring substituents is 1. The molecule has 1 fully saturated rings. The van der Waals surface area contributed by atoms with Crippen LogP contribution in [0, 0.1) is 10.1 Å². The standard InChI is InChI=1S/C19H19N3O5/c1-14(23)20-10-12-21(13-11-20)16-6-8-18(9-7-16)27-19(24)15-2-4-17(5-3-15)22(25)26/h2-9H,10-13H2,1H3. The smallest absolute Gasteiger partial charge is 0.343 e. The van der Waals surface area contributed by atoms with Gasteiger partial charge in [-0.05, 0) is 36.4 Å². The molecule has 0 aromatic heterocycles. The summed E-state index contributed by atoms with van der Waals surface area (Å²) < 4.78 is 5.31. The van der Waals surface area contributed by atoms with E-state index in [1.807, 2.05) is 17.0 Å². The van der Waals surface area contributed by atoms with Crippen molar-refractivity contribution in [2.24, 2.45) is 0 Å². The number of nitro groups is 1. The number of carbonyl (C=O) groups excluding carboxylic acids is 2. The van der Waals surface area contributed by atoms with Crippen molar-refractivity contribution in [3.63, 3.8) is 0 Å². The first kappa shape index (κ1) is 18.4. The average molecular weight is 369 g/mol. The molecule has 0 radical (unpaired) electrons. The molecule has 0 bridgehead atoms. The third kappa shape index (κ3) is 4.41. The zero-order valence-electron chi connectivity index (χ0n) is 14.8. The fraction of sp³-hybridized carbons (Fsp3) is 0.263. The van der Waals surface area contributed by atoms with Gasteiger partial charge in [0, 0.05) is 50.9 Å². The number of piperazine rings is 1. The Morgan fingerprint density at radius 2 is 1.56 bits per heavy atom. The minimum Gasteiger partial charge on any atom is -0.423 e. The van der Waals surface area contributed by atoms with Crippen molar-refractivity contribution in [3.05, 3.63) is 64.2 Å². The van der Waals surface area contributed by atoms with Crippen molar-refractivity contribution in [1.29, 1.82) is 0 Å². The average Bonchev–Trinajstić information content (AvgIpc) is 2.68. The first-order valence-corrected chi connectivity index (χ1v) is 8.51. The van der Waals surface area contributed by atoms with Gasteiger partial charge in [0.25, 0.3) is 5.69 Å². The largest absolute Gasteiger partial charge is 0.423 e. The second kappa shape index (κ2) is 7.86. The van der Waals surface area contributed by atoms with Crippen molar-refractivity contribution < 1.29 is 19.2 Å². The second-order valence-electron chi connectivity index (χ2n) is 6.18. The van der Waals surface area contributed by atoms with Gasteiger partial charge in [0.05, 0.1) is 10.5 Å². The number of esters is 1. The topological polar surface area (TPSA) is 93.0 Å². The summed E-state index contributed by atoms with van der Waals surface area (Å²) in [5, 5.41) is 10.7. The predicted molar refractivity (Wildman–Crippen MR) is 99.0 cm³/mol. The second-order valence-corrected chi connectivity index (χ2v) is 6.18. The van der Waals surface area contributed by atoms with E-state index in [0.717, 1.165) is 18.8 Å². The Bertz CT molecular complexity index is 841. The Labute approximate surface area is 156 Å². The molecule has 140 valence electrons. The highest BCUT2D eigenvalue weighted by molar-refractivity contribution is 5.91. The van der Waals surface area contributed by atoms with Gasteiger partial charge in [-0.3, -0.25) is 14.9 Å². The van der Waals surface area contributed by atoms with Crippen LogP contribution in [-0.4, -0.2) is 47.9 Å². The molecule has 8 heteroatoms. The molecule has 0 aliphatic carbocycles. The van der Waals surface area contributed by atoms with E-state index in [2.05, 4.69) is 4.90 Å². The Morgan fingerprint density at radius 3 is 2.07 bits per heavy atom. The molecular weight excluding hydrogens is 350 g/mol. The number of hydrogen-bond donors (Lipinski definition) is 0. The van der Waals surface area contributed by atoms with Crippen molar-refractivity contribution in [2.75, 3.05) is 31.1 Å². The lowest BCUT2D eigenvalue weighted by atomic mass is 10.2. The minimum atomic E-state index is -0.576. The van der Waals surface area contributed by atoms with Crippen LogP contribution in [-0.2, 0) is 4.79 Å². The summed E-state index contributed by atoms with van der Waals surface area (Å²) in [4.78, 5) is 37.6. The van der Waals surface area contributed by atoms with E-state index in [1.54, 1.807) is 19.1 Å². The summed E-state index contributed by atoms with van der Waals surface area (Å²) in [5.74, 6) is -0.0969. The third-order valence-electron chi connectivity index (χ3n) is 4.45. The van der Waals surface area contributed by atoms with Crippen LogP contribution in [0.3, 0.4) is 0 Å². The highest BCUT2D eigenvalue weighted by Gasteiger charge is 2.19. The molecule has 1 saturated heterocycles. The maximum Gasteiger partial charge on any atom is 0.343 e. The van der Waals surface area contributed by atoms with Crippen LogP contribution in [0.15, 0.2) is 48.5 Å². The van der Waals surface area contributed by atoms with E-state index in [-0.39, 0.29) is 17.2 Å². The van der Waals surface area contributed by atoms with Gasteiger partial charge < -0.3 is 14.5 Å². The van der Waals surface area contributed by atoms with Crippen molar-refractivity contribution >= 4 is 23.3 Å². The molecule has 1 aliphatic rings. The maximum absolute atomic E-state index is 12.1. The van der Waals surface area contributed by atoms with Crippen LogP contribution in [0.5, 0.6) is 5.75 Å².